The number of nitrogens with zero attached hydrogens (tertiary/aromatic N) is 3. The summed E-state index contributed by atoms with van der Waals surface area (Å²) in [6.07, 6.45) is 3.76. The first-order chi connectivity index (χ1) is 11.9. The molecule has 1 N–H and O–H groups in total. The quantitative estimate of drug-likeness (QED) is 0.473. The van der Waals surface area contributed by atoms with Crippen LogP contribution in [0.4, 0.5) is 5.69 Å². The van der Waals surface area contributed by atoms with Crippen molar-refractivity contribution < 1.29 is 4.74 Å². The standard InChI is InChI=1S/C19H30N4O/c1-20-19(21-10-5-15-24-16-17-8-9-17)23-13-11-22(12-14-23)18-6-3-2-4-7-18/h2-4,6-7,17H,5,8-16H2,1H3,(H,20,21). The predicted molar refractivity (Wildman–Crippen MR) is 99.7 cm³/mol. The van der Waals surface area contributed by atoms with E-state index in [9.17, 15) is 0 Å². The Morgan fingerprint density at radius 3 is 2.58 bits per heavy atom. The lowest BCUT2D eigenvalue weighted by Crippen LogP contribution is -2.52. The van der Waals surface area contributed by atoms with Gasteiger partial charge >= 0.3 is 0 Å². The summed E-state index contributed by atoms with van der Waals surface area (Å²) in [5, 5.41) is 3.47. The number of anilines is 1. The molecule has 1 aromatic carbocycles. The van der Waals surface area contributed by atoms with Gasteiger partial charge in [-0.3, -0.25) is 4.99 Å². The molecular weight excluding hydrogens is 300 g/mol. The number of guanidine groups is 1. The molecule has 3 rings (SSSR count). The van der Waals surface area contributed by atoms with Crippen molar-refractivity contribution in [3.63, 3.8) is 0 Å². The van der Waals surface area contributed by atoms with Gasteiger partial charge in [0.2, 0.25) is 0 Å². The molecule has 0 aromatic heterocycles. The number of benzene rings is 1. The second-order valence-corrected chi connectivity index (χ2v) is 6.66. The SMILES string of the molecule is CN=C(NCCCOCC1CC1)N1CCN(c2ccccc2)CC1. The van der Waals surface area contributed by atoms with Crippen molar-refractivity contribution in [1.29, 1.82) is 0 Å². The van der Waals surface area contributed by atoms with Gasteiger partial charge in [0.25, 0.3) is 0 Å². The maximum Gasteiger partial charge on any atom is 0.193 e. The van der Waals surface area contributed by atoms with E-state index < -0.39 is 0 Å². The van der Waals surface area contributed by atoms with Crippen LogP contribution in [0.1, 0.15) is 19.3 Å². The van der Waals surface area contributed by atoms with E-state index in [0.717, 1.165) is 64.2 Å². The van der Waals surface area contributed by atoms with Crippen molar-refractivity contribution in [1.82, 2.24) is 10.2 Å². The predicted octanol–water partition coefficient (Wildman–Crippen LogP) is 2.20. The Kier molecular flexibility index (Phi) is 6.35. The number of hydrogen-bond donors (Lipinski definition) is 1. The molecule has 1 saturated heterocycles. The smallest absolute Gasteiger partial charge is 0.193 e. The van der Waals surface area contributed by atoms with E-state index in [1.165, 1.54) is 18.5 Å². The van der Waals surface area contributed by atoms with E-state index in [-0.39, 0.29) is 0 Å². The van der Waals surface area contributed by atoms with Crippen LogP contribution in [0.2, 0.25) is 0 Å². The summed E-state index contributed by atoms with van der Waals surface area (Å²) in [4.78, 5) is 9.23. The third kappa shape index (κ3) is 5.13. The number of ether oxygens (including phenoxy) is 1. The Labute approximate surface area is 145 Å². The number of piperazine rings is 1. The van der Waals surface area contributed by atoms with E-state index in [1.807, 2.05) is 7.05 Å². The van der Waals surface area contributed by atoms with Crippen molar-refractivity contribution in [2.45, 2.75) is 19.3 Å². The molecule has 0 unspecified atom stereocenters. The van der Waals surface area contributed by atoms with Crippen LogP contribution in [-0.4, -0.2) is 63.8 Å². The minimum absolute atomic E-state index is 0.849. The van der Waals surface area contributed by atoms with Crippen LogP contribution in [0.3, 0.4) is 0 Å². The molecule has 5 nitrogen and oxygen atoms in total. The van der Waals surface area contributed by atoms with Crippen LogP contribution in [0.25, 0.3) is 0 Å². The lowest BCUT2D eigenvalue weighted by molar-refractivity contribution is 0.122. The summed E-state index contributed by atoms with van der Waals surface area (Å²) in [5.74, 6) is 1.87. The maximum absolute atomic E-state index is 5.68. The molecule has 0 radical (unpaired) electrons. The van der Waals surface area contributed by atoms with E-state index >= 15 is 0 Å². The molecule has 0 bridgehead atoms. The van der Waals surface area contributed by atoms with Gasteiger partial charge in [0.1, 0.15) is 0 Å². The summed E-state index contributed by atoms with van der Waals surface area (Å²) < 4.78 is 5.68. The first-order valence-corrected chi connectivity index (χ1v) is 9.20. The molecule has 1 aliphatic carbocycles. The Hall–Kier alpha value is -1.75. The molecule has 1 aromatic rings. The fraction of sp³-hybridized carbons (Fsp3) is 0.632. The van der Waals surface area contributed by atoms with Gasteiger partial charge < -0.3 is 19.9 Å². The summed E-state index contributed by atoms with van der Waals surface area (Å²) in [6.45, 7) is 6.82. The summed E-state index contributed by atoms with van der Waals surface area (Å²) in [6, 6.07) is 10.6. The summed E-state index contributed by atoms with van der Waals surface area (Å²) >= 11 is 0. The molecule has 1 aliphatic heterocycles. The van der Waals surface area contributed by atoms with E-state index in [2.05, 4.69) is 50.4 Å². The Bertz CT molecular complexity index is 507. The molecule has 132 valence electrons. The Balaban J connectivity index is 1.34. The number of nitrogens with one attached hydrogen (secondary N) is 1. The van der Waals surface area contributed by atoms with Crippen LogP contribution < -0.4 is 10.2 Å². The van der Waals surface area contributed by atoms with Gasteiger partial charge in [-0.15, -0.1) is 0 Å². The first-order valence-electron chi connectivity index (χ1n) is 9.20. The third-order valence-electron chi connectivity index (χ3n) is 4.71. The lowest BCUT2D eigenvalue weighted by atomic mass is 10.2. The molecule has 2 fully saturated rings. The van der Waals surface area contributed by atoms with Gasteiger partial charge in [-0.1, -0.05) is 18.2 Å². The van der Waals surface area contributed by atoms with Gasteiger partial charge in [0, 0.05) is 58.7 Å². The van der Waals surface area contributed by atoms with Crippen LogP contribution in [0.15, 0.2) is 35.3 Å². The Morgan fingerprint density at radius 1 is 1.17 bits per heavy atom. The monoisotopic (exact) mass is 330 g/mol. The molecule has 24 heavy (non-hydrogen) atoms. The zero-order chi connectivity index (χ0) is 16.6. The fourth-order valence-corrected chi connectivity index (χ4v) is 3.06. The van der Waals surface area contributed by atoms with Crippen molar-refractivity contribution in [3.8, 4) is 0 Å². The first kappa shape index (κ1) is 17.1. The zero-order valence-electron chi connectivity index (χ0n) is 14.8. The van der Waals surface area contributed by atoms with Crippen LogP contribution in [0.5, 0.6) is 0 Å². The second-order valence-electron chi connectivity index (χ2n) is 6.66. The molecule has 0 amide bonds. The highest BCUT2D eigenvalue weighted by Crippen LogP contribution is 2.28. The van der Waals surface area contributed by atoms with Crippen molar-refractivity contribution in [3.05, 3.63) is 30.3 Å². The summed E-state index contributed by atoms with van der Waals surface area (Å²) in [7, 11) is 1.87. The average molecular weight is 330 g/mol. The molecule has 0 spiro atoms. The van der Waals surface area contributed by atoms with Gasteiger partial charge in [-0.05, 0) is 37.3 Å². The van der Waals surface area contributed by atoms with Gasteiger partial charge in [-0.2, -0.15) is 0 Å². The molecule has 0 atom stereocenters. The molecular formula is C19H30N4O. The number of aliphatic imine (C=N–C) groups is 1. The average Bonchev–Trinajstić information content (AvgIpc) is 3.47. The van der Waals surface area contributed by atoms with Gasteiger partial charge in [-0.25, -0.2) is 0 Å². The summed E-state index contributed by atoms with van der Waals surface area (Å²) in [5.41, 5.74) is 1.31. The molecule has 1 heterocycles. The van der Waals surface area contributed by atoms with Crippen molar-refractivity contribution in [2.24, 2.45) is 10.9 Å². The molecule has 5 heteroatoms. The van der Waals surface area contributed by atoms with E-state index in [4.69, 9.17) is 4.74 Å². The van der Waals surface area contributed by atoms with Crippen LogP contribution in [-0.2, 0) is 4.74 Å². The largest absolute Gasteiger partial charge is 0.381 e. The topological polar surface area (TPSA) is 40.1 Å². The van der Waals surface area contributed by atoms with Gasteiger partial charge in [0.15, 0.2) is 5.96 Å². The van der Waals surface area contributed by atoms with E-state index in [0.29, 0.717) is 0 Å². The highest BCUT2D eigenvalue weighted by molar-refractivity contribution is 5.80. The highest BCUT2D eigenvalue weighted by atomic mass is 16.5. The fourth-order valence-electron chi connectivity index (χ4n) is 3.06. The van der Waals surface area contributed by atoms with Gasteiger partial charge in [0.05, 0.1) is 0 Å². The lowest BCUT2D eigenvalue weighted by Gasteiger charge is -2.37. The normalized spacial score (nSPS) is 18.8. The maximum atomic E-state index is 5.68. The Morgan fingerprint density at radius 2 is 1.92 bits per heavy atom. The molecule has 2 aliphatic rings. The van der Waals surface area contributed by atoms with Crippen molar-refractivity contribution >= 4 is 11.6 Å². The number of para-hydroxylation sites is 1. The zero-order valence-corrected chi connectivity index (χ0v) is 14.8. The number of hydrogen-bond acceptors (Lipinski definition) is 3. The van der Waals surface area contributed by atoms with E-state index in [1.54, 1.807) is 0 Å². The van der Waals surface area contributed by atoms with Crippen molar-refractivity contribution in [2.75, 3.05) is 57.9 Å². The minimum atomic E-state index is 0.849. The number of rotatable bonds is 7. The second kappa shape index (κ2) is 8.92. The minimum Gasteiger partial charge on any atom is -0.381 e. The van der Waals surface area contributed by atoms with Crippen LogP contribution >= 0.6 is 0 Å². The highest BCUT2D eigenvalue weighted by Gasteiger charge is 2.21. The molecule has 1 saturated carbocycles. The van der Waals surface area contributed by atoms with Crippen LogP contribution in [0, 0.1) is 5.92 Å². The third-order valence-corrected chi connectivity index (χ3v) is 4.71.